The minimum absolute atomic E-state index is 0.0265. The number of benzene rings is 3. The number of hydrogen-bond acceptors (Lipinski definition) is 6. The maximum atomic E-state index is 13.6. The topological polar surface area (TPSA) is 121 Å². The molecule has 4 aromatic rings. The van der Waals surface area contributed by atoms with E-state index in [4.69, 9.17) is 9.47 Å². The predicted octanol–water partition coefficient (Wildman–Crippen LogP) is 2.59. The molecule has 5 rings (SSSR count). The van der Waals surface area contributed by atoms with Crippen LogP contribution in [0.1, 0.15) is 19.4 Å². The molecule has 0 unspecified atom stereocenters. The summed E-state index contributed by atoms with van der Waals surface area (Å²) in [6.07, 6.45) is 0.176. The average Bonchev–Trinajstić information content (AvgIpc) is 3.35. The number of fused-ring (bicyclic) bond motifs is 2. The van der Waals surface area contributed by atoms with Gasteiger partial charge in [0.1, 0.15) is 6.54 Å². The lowest BCUT2D eigenvalue weighted by Crippen LogP contribution is -2.40. The molecule has 0 spiro atoms. The van der Waals surface area contributed by atoms with Crippen molar-refractivity contribution in [2.24, 2.45) is 0 Å². The number of anilines is 1. The molecular weight excluding hydrogens is 488 g/mol. The zero-order chi connectivity index (χ0) is 26.8. The Hall–Kier alpha value is -4.86. The molecule has 0 atom stereocenters. The summed E-state index contributed by atoms with van der Waals surface area (Å²) in [7, 11) is 0. The highest BCUT2D eigenvalue weighted by Crippen LogP contribution is 2.34. The maximum Gasteiger partial charge on any atom is 0.336 e. The van der Waals surface area contributed by atoms with Gasteiger partial charge in [-0.2, -0.15) is 0 Å². The summed E-state index contributed by atoms with van der Waals surface area (Å²) in [6.45, 7) is 3.56. The first-order valence-corrected chi connectivity index (χ1v) is 12.1. The number of nitrogens with one attached hydrogen (secondary N) is 2. The van der Waals surface area contributed by atoms with E-state index in [0.717, 1.165) is 10.1 Å². The van der Waals surface area contributed by atoms with Crippen LogP contribution in [0.15, 0.2) is 76.3 Å². The molecule has 0 radical (unpaired) electrons. The van der Waals surface area contributed by atoms with Gasteiger partial charge in [0.25, 0.3) is 5.56 Å². The van der Waals surface area contributed by atoms with Crippen molar-refractivity contribution in [3.63, 3.8) is 0 Å². The summed E-state index contributed by atoms with van der Waals surface area (Å²) in [6, 6.07) is 18.3. The van der Waals surface area contributed by atoms with Crippen LogP contribution in [-0.4, -0.2) is 33.8 Å². The van der Waals surface area contributed by atoms with Crippen molar-refractivity contribution in [2.45, 2.75) is 32.9 Å². The molecule has 1 aromatic heterocycles. The van der Waals surface area contributed by atoms with Crippen LogP contribution in [0.25, 0.3) is 16.6 Å². The summed E-state index contributed by atoms with van der Waals surface area (Å²) >= 11 is 0. The molecule has 2 heterocycles. The molecule has 2 N–H and O–H groups in total. The van der Waals surface area contributed by atoms with Crippen molar-refractivity contribution < 1.29 is 19.1 Å². The van der Waals surface area contributed by atoms with Crippen LogP contribution < -0.4 is 31.4 Å². The molecule has 0 bridgehead atoms. The number of para-hydroxylation sites is 1. The van der Waals surface area contributed by atoms with Crippen molar-refractivity contribution in [3.8, 4) is 17.2 Å². The Balaban J connectivity index is 1.47. The van der Waals surface area contributed by atoms with Crippen molar-refractivity contribution >= 4 is 28.4 Å². The van der Waals surface area contributed by atoms with Crippen LogP contribution in [0.3, 0.4) is 0 Å². The molecule has 1 aliphatic rings. The second-order valence-corrected chi connectivity index (χ2v) is 9.21. The quantitative estimate of drug-likeness (QED) is 0.391. The summed E-state index contributed by atoms with van der Waals surface area (Å²) in [4.78, 5) is 52.0. The third-order valence-electron chi connectivity index (χ3n) is 6.02. The number of carbonyl (C=O) groups excluding carboxylic acids is 2. The van der Waals surface area contributed by atoms with Gasteiger partial charge in [-0.3, -0.25) is 19.0 Å². The molecule has 38 heavy (non-hydrogen) atoms. The Morgan fingerprint density at radius 1 is 0.921 bits per heavy atom. The zero-order valence-corrected chi connectivity index (χ0v) is 20.9. The van der Waals surface area contributed by atoms with Crippen molar-refractivity contribution in [1.29, 1.82) is 0 Å². The van der Waals surface area contributed by atoms with E-state index in [1.807, 2.05) is 13.8 Å². The third kappa shape index (κ3) is 5.01. The van der Waals surface area contributed by atoms with Crippen LogP contribution in [0, 0.1) is 0 Å². The molecule has 2 amide bonds. The lowest BCUT2D eigenvalue weighted by atomic mass is 10.1. The van der Waals surface area contributed by atoms with E-state index in [-0.39, 0.29) is 31.7 Å². The monoisotopic (exact) mass is 514 g/mol. The first-order chi connectivity index (χ1) is 18.3. The van der Waals surface area contributed by atoms with Crippen LogP contribution in [0.4, 0.5) is 5.69 Å². The maximum absolute atomic E-state index is 13.6. The fourth-order valence-electron chi connectivity index (χ4n) is 4.34. The fourth-order valence-corrected chi connectivity index (χ4v) is 4.34. The van der Waals surface area contributed by atoms with E-state index in [1.165, 1.54) is 4.57 Å². The van der Waals surface area contributed by atoms with Crippen LogP contribution in [0.5, 0.6) is 11.5 Å². The predicted molar refractivity (Wildman–Crippen MR) is 142 cm³/mol. The second kappa shape index (κ2) is 10.3. The van der Waals surface area contributed by atoms with Gasteiger partial charge in [-0.1, -0.05) is 24.3 Å². The van der Waals surface area contributed by atoms with Gasteiger partial charge in [0.05, 0.1) is 23.0 Å². The molecule has 0 saturated carbocycles. The minimum atomic E-state index is -0.653. The number of nitrogens with zero attached hydrogens (tertiary/aromatic N) is 2. The van der Waals surface area contributed by atoms with E-state index < -0.39 is 17.2 Å². The molecule has 3 aromatic carbocycles. The minimum Gasteiger partial charge on any atom is -0.454 e. The largest absolute Gasteiger partial charge is 0.454 e. The van der Waals surface area contributed by atoms with Crippen molar-refractivity contribution in [1.82, 2.24) is 14.5 Å². The molecule has 1 aliphatic heterocycles. The number of amides is 2. The number of ether oxygens (including phenoxy) is 2. The second-order valence-electron chi connectivity index (χ2n) is 9.21. The molecule has 10 heteroatoms. The van der Waals surface area contributed by atoms with Gasteiger partial charge in [0.2, 0.25) is 18.6 Å². The standard InChI is InChI=1S/C28H26N4O6/c1-17(2)29-25(33)13-18-7-10-20(11-8-18)32-27(35)21-5-3-4-6-22(21)31(28(32)36)15-26(34)30-19-9-12-23-24(14-19)38-16-37-23/h3-12,14,17H,13,15-16H2,1-2H3,(H,29,33)(H,30,34). The number of hydrogen-bond donors (Lipinski definition) is 2. The third-order valence-corrected chi connectivity index (χ3v) is 6.02. The summed E-state index contributed by atoms with van der Waals surface area (Å²) in [5.41, 5.74) is 0.764. The highest BCUT2D eigenvalue weighted by atomic mass is 16.7. The molecule has 194 valence electrons. The lowest BCUT2D eigenvalue weighted by Gasteiger charge is -2.15. The Labute approximate surface area is 217 Å². The van der Waals surface area contributed by atoms with E-state index in [9.17, 15) is 19.2 Å². The summed E-state index contributed by atoms with van der Waals surface area (Å²) in [5.74, 6) is 0.534. The Morgan fingerprint density at radius 3 is 2.42 bits per heavy atom. The van der Waals surface area contributed by atoms with Gasteiger partial charge in [-0.05, 0) is 55.8 Å². The van der Waals surface area contributed by atoms with Gasteiger partial charge in [0, 0.05) is 17.8 Å². The molecular formula is C28H26N4O6. The van der Waals surface area contributed by atoms with E-state index >= 15 is 0 Å². The molecule has 0 saturated heterocycles. The first-order valence-electron chi connectivity index (χ1n) is 12.1. The normalized spacial score (nSPS) is 12.1. The highest BCUT2D eigenvalue weighted by molar-refractivity contribution is 5.92. The van der Waals surface area contributed by atoms with Gasteiger partial charge in [-0.15, -0.1) is 0 Å². The van der Waals surface area contributed by atoms with Crippen molar-refractivity contribution in [3.05, 3.63) is 93.1 Å². The number of carbonyl (C=O) groups is 2. The Bertz CT molecular complexity index is 1650. The fraction of sp³-hybridized carbons (Fsp3) is 0.214. The van der Waals surface area contributed by atoms with Crippen LogP contribution >= 0.6 is 0 Å². The highest BCUT2D eigenvalue weighted by Gasteiger charge is 2.18. The number of aromatic nitrogens is 2. The van der Waals surface area contributed by atoms with E-state index in [2.05, 4.69) is 10.6 Å². The first kappa shape index (κ1) is 24.8. The van der Waals surface area contributed by atoms with Gasteiger partial charge in [0.15, 0.2) is 11.5 Å². The average molecular weight is 515 g/mol. The molecule has 10 nitrogen and oxygen atoms in total. The lowest BCUT2D eigenvalue weighted by molar-refractivity contribution is -0.121. The van der Waals surface area contributed by atoms with E-state index in [1.54, 1.807) is 66.7 Å². The zero-order valence-electron chi connectivity index (χ0n) is 20.9. The van der Waals surface area contributed by atoms with E-state index in [0.29, 0.717) is 33.8 Å². The smallest absolute Gasteiger partial charge is 0.336 e. The Morgan fingerprint density at radius 2 is 1.66 bits per heavy atom. The summed E-state index contributed by atoms with van der Waals surface area (Å²) < 4.78 is 12.9. The summed E-state index contributed by atoms with van der Waals surface area (Å²) in [5, 5.41) is 5.89. The molecule has 0 aliphatic carbocycles. The van der Waals surface area contributed by atoms with Gasteiger partial charge in [-0.25, -0.2) is 9.36 Å². The number of rotatable bonds is 7. The van der Waals surface area contributed by atoms with Crippen LogP contribution in [0.2, 0.25) is 0 Å². The van der Waals surface area contributed by atoms with Crippen LogP contribution in [-0.2, 0) is 22.6 Å². The van der Waals surface area contributed by atoms with Gasteiger partial charge >= 0.3 is 5.69 Å². The van der Waals surface area contributed by atoms with Crippen molar-refractivity contribution in [2.75, 3.05) is 12.1 Å². The molecule has 0 fully saturated rings. The Kier molecular flexibility index (Phi) is 6.69. The SMILES string of the molecule is CC(C)NC(=O)Cc1ccc(-n2c(=O)c3ccccc3n(CC(=O)Nc3ccc4c(c3)OCO4)c2=O)cc1. The van der Waals surface area contributed by atoms with Gasteiger partial charge < -0.3 is 20.1 Å².